The van der Waals surface area contributed by atoms with Gasteiger partial charge in [-0.1, -0.05) is 18.2 Å². The van der Waals surface area contributed by atoms with Crippen molar-refractivity contribution in [2.24, 2.45) is 0 Å². The van der Waals surface area contributed by atoms with Crippen molar-refractivity contribution >= 4 is 17.8 Å². The number of benzene rings is 1. The minimum Gasteiger partial charge on any atom is -0.406 e. The molecule has 0 spiro atoms. The molecular weight excluding hydrogens is 415 g/mol. The molecule has 1 aromatic rings. The van der Waals surface area contributed by atoms with Crippen LogP contribution in [0.5, 0.6) is 5.75 Å². The Morgan fingerprint density at radius 3 is 2.45 bits per heavy atom. The van der Waals surface area contributed by atoms with Crippen molar-refractivity contribution in [3.05, 3.63) is 41.6 Å². The molecule has 168 valence electrons. The van der Waals surface area contributed by atoms with Crippen molar-refractivity contribution in [2.75, 3.05) is 13.1 Å². The average Bonchev–Trinajstić information content (AvgIpc) is 2.92. The number of amides is 4. The first-order valence-corrected chi connectivity index (χ1v) is 10.0. The van der Waals surface area contributed by atoms with E-state index in [4.69, 9.17) is 0 Å². The van der Waals surface area contributed by atoms with Crippen LogP contribution >= 0.6 is 0 Å². The summed E-state index contributed by atoms with van der Waals surface area (Å²) < 4.78 is 40.9. The maximum atomic E-state index is 13.0. The highest BCUT2D eigenvalue weighted by Gasteiger charge is 2.49. The Balaban J connectivity index is 1.75. The minimum absolute atomic E-state index is 0.276. The number of carbonyl (C=O) groups is 3. The first-order chi connectivity index (χ1) is 14.5. The van der Waals surface area contributed by atoms with Crippen molar-refractivity contribution in [1.29, 1.82) is 0 Å². The number of ether oxygens (including phenoxy) is 1. The molecular formula is C21H24F3N3O4. The molecule has 1 fully saturated rings. The summed E-state index contributed by atoms with van der Waals surface area (Å²) in [6.07, 6.45) is 0.862. The quantitative estimate of drug-likeness (QED) is 0.687. The van der Waals surface area contributed by atoms with E-state index in [1.54, 1.807) is 4.90 Å². The number of nitrogens with zero attached hydrogens (tertiary/aromatic N) is 2. The number of halogens is 3. The van der Waals surface area contributed by atoms with Crippen molar-refractivity contribution in [3.63, 3.8) is 0 Å². The summed E-state index contributed by atoms with van der Waals surface area (Å²) in [5.41, 5.74) is -0.332. The van der Waals surface area contributed by atoms with Gasteiger partial charge in [-0.05, 0) is 57.2 Å². The summed E-state index contributed by atoms with van der Waals surface area (Å²) in [5.74, 6) is -1.45. The van der Waals surface area contributed by atoms with E-state index in [2.05, 4.69) is 10.1 Å². The van der Waals surface area contributed by atoms with Crippen LogP contribution < -0.4 is 10.1 Å². The Morgan fingerprint density at radius 2 is 1.90 bits per heavy atom. The van der Waals surface area contributed by atoms with Crippen LogP contribution in [0.2, 0.25) is 0 Å². The summed E-state index contributed by atoms with van der Waals surface area (Å²) in [6.45, 7) is 3.28. The number of hydrogen-bond acceptors (Lipinski definition) is 4. The Kier molecular flexibility index (Phi) is 6.28. The molecule has 1 saturated heterocycles. The lowest BCUT2D eigenvalue weighted by Crippen LogP contribution is -2.44. The van der Waals surface area contributed by atoms with Gasteiger partial charge < -0.3 is 15.0 Å². The van der Waals surface area contributed by atoms with Crippen LogP contribution in [0.3, 0.4) is 0 Å². The molecule has 4 amide bonds. The fraction of sp³-hybridized carbons (Fsp3) is 0.476. The Labute approximate surface area is 177 Å². The highest BCUT2D eigenvalue weighted by atomic mass is 19.4. The van der Waals surface area contributed by atoms with Crippen LogP contribution in [0.15, 0.2) is 36.0 Å². The van der Waals surface area contributed by atoms with E-state index < -0.39 is 36.1 Å². The normalized spacial score (nSPS) is 21.6. The zero-order valence-corrected chi connectivity index (χ0v) is 17.3. The lowest BCUT2D eigenvalue weighted by molar-refractivity contribution is -0.274. The van der Waals surface area contributed by atoms with E-state index in [0.29, 0.717) is 6.54 Å². The molecule has 10 heteroatoms. The predicted molar refractivity (Wildman–Crippen MR) is 105 cm³/mol. The molecule has 2 aliphatic rings. The van der Waals surface area contributed by atoms with Crippen LogP contribution in [0.4, 0.5) is 18.0 Å². The van der Waals surface area contributed by atoms with Crippen LogP contribution in [-0.4, -0.2) is 47.1 Å². The van der Waals surface area contributed by atoms with Gasteiger partial charge in [-0.2, -0.15) is 0 Å². The molecule has 31 heavy (non-hydrogen) atoms. The average molecular weight is 439 g/mol. The zero-order valence-electron chi connectivity index (χ0n) is 17.3. The van der Waals surface area contributed by atoms with Gasteiger partial charge in [-0.15, -0.1) is 13.2 Å². The largest absolute Gasteiger partial charge is 0.573 e. The maximum absolute atomic E-state index is 13.0. The van der Waals surface area contributed by atoms with Gasteiger partial charge in [0.05, 0.1) is 0 Å². The van der Waals surface area contributed by atoms with Gasteiger partial charge in [0.1, 0.15) is 17.8 Å². The smallest absolute Gasteiger partial charge is 0.406 e. The fourth-order valence-corrected chi connectivity index (χ4v) is 3.85. The van der Waals surface area contributed by atoms with E-state index in [9.17, 15) is 27.6 Å². The van der Waals surface area contributed by atoms with Crippen molar-refractivity contribution in [1.82, 2.24) is 15.1 Å². The molecule has 0 radical (unpaired) electrons. The van der Waals surface area contributed by atoms with Gasteiger partial charge in [0.2, 0.25) is 5.91 Å². The van der Waals surface area contributed by atoms with E-state index in [-0.39, 0.29) is 11.5 Å². The molecule has 1 aliphatic heterocycles. The Hall–Kier alpha value is -3.04. The number of allylic oxidation sites excluding steroid dienone is 2. The van der Waals surface area contributed by atoms with Crippen LogP contribution in [0, 0.1) is 0 Å². The maximum Gasteiger partial charge on any atom is 0.573 e. The molecule has 3 rings (SSSR count). The molecule has 1 N–H and O–H groups in total. The number of hydrogen-bond donors (Lipinski definition) is 1. The van der Waals surface area contributed by atoms with Crippen LogP contribution in [0.25, 0.3) is 0 Å². The predicted octanol–water partition coefficient (Wildman–Crippen LogP) is 3.66. The molecule has 1 unspecified atom stereocenters. The van der Waals surface area contributed by atoms with Crippen molar-refractivity contribution < 1.29 is 32.3 Å². The number of carbonyl (C=O) groups excluding carboxylic acids is 3. The van der Waals surface area contributed by atoms with Crippen LogP contribution in [-0.2, 0) is 15.1 Å². The monoisotopic (exact) mass is 439 g/mol. The molecule has 7 nitrogen and oxygen atoms in total. The van der Waals surface area contributed by atoms with Gasteiger partial charge in [-0.25, -0.2) is 4.79 Å². The van der Waals surface area contributed by atoms with Crippen LogP contribution in [0.1, 0.15) is 45.1 Å². The third-order valence-electron chi connectivity index (χ3n) is 5.46. The second kappa shape index (κ2) is 8.60. The number of nitrogens with one attached hydrogen (secondary N) is 1. The highest BCUT2D eigenvalue weighted by Crippen LogP contribution is 2.31. The first kappa shape index (κ1) is 22.6. The van der Waals surface area contributed by atoms with Gasteiger partial charge in [0.15, 0.2) is 0 Å². The summed E-state index contributed by atoms with van der Waals surface area (Å²) >= 11 is 0. The van der Waals surface area contributed by atoms with Gasteiger partial charge in [0, 0.05) is 12.2 Å². The highest BCUT2D eigenvalue weighted by molar-refractivity contribution is 6.09. The number of likely N-dealkylation sites (N-methyl/N-ethyl adjacent to an activating group) is 1. The minimum atomic E-state index is -4.83. The van der Waals surface area contributed by atoms with Gasteiger partial charge in [-0.3, -0.25) is 14.5 Å². The standard InChI is InChI=1S/C21H24F3N3O4/c1-3-26(15-7-5-4-6-8-15)17(28)13-27-18(29)20(2,25-19(27)30)14-9-11-16(12-10-14)31-21(22,23)24/h7,9-12H,3-6,8,13H2,1-2H3,(H,25,30). The summed E-state index contributed by atoms with van der Waals surface area (Å²) in [6, 6.07) is 3.95. The van der Waals surface area contributed by atoms with Gasteiger partial charge in [0.25, 0.3) is 5.91 Å². The molecule has 0 aromatic heterocycles. The van der Waals surface area contributed by atoms with E-state index in [1.807, 2.05) is 13.0 Å². The Bertz CT molecular complexity index is 898. The third kappa shape index (κ3) is 4.83. The second-order valence-electron chi connectivity index (χ2n) is 7.60. The first-order valence-electron chi connectivity index (χ1n) is 10.0. The fourth-order valence-electron chi connectivity index (χ4n) is 3.85. The summed E-state index contributed by atoms with van der Waals surface area (Å²) in [4.78, 5) is 40.8. The SMILES string of the molecule is CCN(C(=O)CN1C(=O)NC(C)(c2ccc(OC(F)(F)F)cc2)C1=O)C1=CCCCC1. The van der Waals surface area contributed by atoms with Crippen molar-refractivity contribution in [3.8, 4) is 5.75 Å². The molecule has 1 aromatic carbocycles. The lowest BCUT2D eigenvalue weighted by Gasteiger charge is -2.28. The van der Waals surface area contributed by atoms with Gasteiger partial charge >= 0.3 is 12.4 Å². The van der Waals surface area contributed by atoms with E-state index in [1.165, 1.54) is 19.1 Å². The lowest BCUT2D eigenvalue weighted by atomic mass is 9.92. The number of urea groups is 1. The second-order valence-corrected chi connectivity index (χ2v) is 7.60. The third-order valence-corrected chi connectivity index (χ3v) is 5.46. The molecule has 0 saturated carbocycles. The topological polar surface area (TPSA) is 79.0 Å². The zero-order chi connectivity index (χ0) is 22.8. The Morgan fingerprint density at radius 1 is 1.23 bits per heavy atom. The number of imide groups is 1. The molecule has 1 aliphatic carbocycles. The molecule has 0 bridgehead atoms. The van der Waals surface area contributed by atoms with Crippen molar-refractivity contribution in [2.45, 2.75) is 51.4 Å². The van der Waals surface area contributed by atoms with E-state index in [0.717, 1.165) is 48.4 Å². The number of rotatable bonds is 6. The summed E-state index contributed by atoms with van der Waals surface area (Å²) in [7, 11) is 0. The molecule has 1 heterocycles. The number of alkyl halides is 3. The molecule has 1 atom stereocenters. The summed E-state index contributed by atoms with van der Waals surface area (Å²) in [5, 5.41) is 2.55. The van der Waals surface area contributed by atoms with E-state index >= 15 is 0 Å².